The van der Waals surface area contributed by atoms with Crippen LogP contribution >= 0.6 is 12.6 Å². The van der Waals surface area contributed by atoms with Crippen LogP contribution in [0.4, 0.5) is 8.78 Å². The molecule has 0 N–H and O–H groups in total. The Kier molecular flexibility index (Phi) is 6.71. The van der Waals surface area contributed by atoms with Gasteiger partial charge in [0, 0.05) is 27.1 Å². The molecular weight excluding hydrogens is 466 g/mol. The Hall–Kier alpha value is -4.13. The van der Waals surface area contributed by atoms with Crippen LogP contribution in [0.2, 0.25) is 0 Å². The molecule has 36 heavy (non-hydrogen) atoms. The second kappa shape index (κ2) is 10.2. The molecule has 0 saturated heterocycles. The molecule has 5 rings (SSSR count). The summed E-state index contributed by atoms with van der Waals surface area (Å²) < 4.78 is 32.3. The van der Waals surface area contributed by atoms with E-state index >= 15 is 8.78 Å². The zero-order valence-corrected chi connectivity index (χ0v) is 20.2. The number of hydrogen-bond donors (Lipinski definition) is 1. The highest BCUT2D eigenvalue weighted by molar-refractivity contribution is 7.80. The number of rotatable bonds is 4. The minimum Gasteiger partial charge on any atom is -0.196 e. The molecule has 0 spiro atoms. The van der Waals surface area contributed by atoms with E-state index in [0.29, 0.717) is 16.7 Å². The SMILES string of the molecule is FC(F)(c1ccc(C#Cc2ccccc2)cc1)c1c(S)cc(-c2ccccc2)cc1-c1ccccc1. The monoisotopic (exact) mass is 488 g/mol. The van der Waals surface area contributed by atoms with Crippen LogP contribution in [0.25, 0.3) is 22.3 Å². The van der Waals surface area contributed by atoms with Gasteiger partial charge in [-0.1, -0.05) is 103 Å². The van der Waals surface area contributed by atoms with Crippen LogP contribution in [0.1, 0.15) is 22.3 Å². The van der Waals surface area contributed by atoms with Gasteiger partial charge in [0.05, 0.1) is 0 Å². The molecule has 0 aliphatic rings. The van der Waals surface area contributed by atoms with Gasteiger partial charge in [-0.25, -0.2) is 0 Å². The quantitative estimate of drug-likeness (QED) is 0.190. The Bertz CT molecular complexity index is 1530. The summed E-state index contributed by atoms with van der Waals surface area (Å²) >= 11 is 4.57. The summed E-state index contributed by atoms with van der Waals surface area (Å²) in [6, 6.07) is 38.3. The van der Waals surface area contributed by atoms with E-state index in [1.165, 1.54) is 12.1 Å². The summed E-state index contributed by atoms with van der Waals surface area (Å²) in [5, 5.41) is 0. The standard InChI is InChI=1S/C33H22F2S/c34-33(35,29-20-18-25(19-21-29)17-16-24-10-4-1-5-11-24)32-30(27-14-8-3-9-15-27)22-28(23-31(32)36)26-12-6-2-7-13-26/h1-15,18-23,36H. The van der Waals surface area contributed by atoms with Crippen LogP contribution in [0.3, 0.4) is 0 Å². The molecule has 0 nitrogen and oxygen atoms in total. The molecule has 0 amide bonds. The van der Waals surface area contributed by atoms with E-state index in [-0.39, 0.29) is 16.0 Å². The molecule has 174 valence electrons. The van der Waals surface area contributed by atoms with E-state index in [9.17, 15) is 0 Å². The van der Waals surface area contributed by atoms with Gasteiger partial charge < -0.3 is 0 Å². The van der Waals surface area contributed by atoms with Gasteiger partial charge in [0.25, 0.3) is 5.92 Å². The van der Waals surface area contributed by atoms with Crippen LogP contribution in [0.5, 0.6) is 0 Å². The van der Waals surface area contributed by atoms with Crippen molar-refractivity contribution in [1.82, 2.24) is 0 Å². The lowest BCUT2D eigenvalue weighted by atomic mass is 9.89. The van der Waals surface area contributed by atoms with Crippen LogP contribution in [-0.2, 0) is 5.92 Å². The first-order chi connectivity index (χ1) is 17.5. The van der Waals surface area contributed by atoms with E-state index in [1.807, 2.05) is 97.1 Å². The molecule has 0 saturated carbocycles. The van der Waals surface area contributed by atoms with Crippen LogP contribution in [-0.4, -0.2) is 0 Å². The first-order valence-corrected chi connectivity index (χ1v) is 12.0. The highest BCUT2D eigenvalue weighted by atomic mass is 32.1. The van der Waals surface area contributed by atoms with Crippen molar-refractivity contribution in [3.8, 4) is 34.1 Å². The van der Waals surface area contributed by atoms with Crippen LogP contribution < -0.4 is 0 Å². The third-order valence-electron chi connectivity index (χ3n) is 6.00. The first kappa shape index (κ1) is 23.6. The molecular formula is C33H22F2S. The normalized spacial score (nSPS) is 11.0. The van der Waals surface area contributed by atoms with Gasteiger partial charge in [0.1, 0.15) is 0 Å². The second-order valence-electron chi connectivity index (χ2n) is 8.42. The Labute approximate surface area is 215 Å². The average Bonchev–Trinajstić information content (AvgIpc) is 2.93. The molecule has 0 atom stereocenters. The molecule has 0 aliphatic heterocycles. The fourth-order valence-corrected chi connectivity index (χ4v) is 4.57. The van der Waals surface area contributed by atoms with Gasteiger partial charge in [-0.05, 0) is 58.7 Å². The third-order valence-corrected chi connectivity index (χ3v) is 6.35. The van der Waals surface area contributed by atoms with Crippen molar-refractivity contribution >= 4 is 12.6 Å². The van der Waals surface area contributed by atoms with Crippen molar-refractivity contribution < 1.29 is 8.78 Å². The third kappa shape index (κ3) is 4.96. The highest BCUT2D eigenvalue weighted by Gasteiger charge is 2.38. The van der Waals surface area contributed by atoms with E-state index in [0.717, 1.165) is 16.7 Å². The maximum atomic E-state index is 16.1. The molecule has 0 aliphatic carbocycles. The van der Waals surface area contributed by atoms with E-state index in [2.05, 4.69) is 24.5 Å². The Morgan fingerprint density at radius 3 is 1.61 bits per heavy atom. The average molecular weight is 489 g/mol. The van der Waals surface area contributed by atoms with E-state index < -0.39 is 5.92 Å². The molecule has 5 aromatic rings. The zero-order chi connectivity index (χ0) is 25.0. The summed E-state index contributed by atoms with van der Waals surface area (Å²) in [6.45, 7) is 0. The van der Waals surface area contributed by atoms with Crippen molar-refractivity contribution in [2.24, 2.45) is 0 Å². The summed E-state index contributed by atoms with van der Waals surface area (Å²) in [6.07, 6.45) is 0. The molecule has 0 unspecified atom stereocenters. The van der Waals surface area contributed by atoms with Crippen molar-refractivity contribution in [1.29, 1.82) is 0 Å². The predicted molar refractivity (Wildman–Crippen MR) is 146 cm³/mol. The summed E-state index contributed by atoms with van der Waals surface area (Å²) in [5.74, 6) is 2.85. The lowest BCUT2D eigenvalue weighted by molar-refractivity contribution is 0.0407. The van der Waals surface area contributed by atoms with Gasteiger partial charge in [-0.15, -0.1) is 12.6 Å². The van der Waals surface area contributed by atoms with Gasteiger partial charge in [-0.3, -0.25) is 0 Å². The fourth-order valence-electron chi connectivity index (χ4n) is 4.17. The van der Waals surface area contributed by atoms with Crippen molar-refractivity contribution in [3.05, 3.63) is 150 Å². The fraction of sp³-hybridized carbons (Fsp3) is 0.0303. The van der Waals surface area contributed by atoms with Gasteiger partial charge in [0.15, 0.2) is 0 Å². The van der Waals surface area contributed by atoms with Crippen LogP contribution in [0.15, 0.2) is 132 Å². The molecule has 0 heterocycles. The Morgan fingerprint density at radius 2 is 1.03 bits per heavy atom. The minimum absolute atomic E-state index is 0.104. The number of hydrogen-bond acceptors (Lipinski definition) is 1. The van der Waals surface area contributed by atoms with Crippen LogP contribution in [0, 0.1) is 11.8 Å². The summed E-state index contributed by atoms with van der Waals surface area (Å²) in [5.41, 5.74) is 4.29. The zero-order valence-electron chi connectivity index (χ0n) is 19.3. The topological polar surface area (TPSA) is 0 Å². The maximum Gasteiger partial charge on any atom is 0.300 e. The second-order valence-corrected chi connectivity index (χ2v) is 8.90. The number of alkyl halides is 2. The summed E-state index contributed by atoms with van der Waals surface area (Å²) in [7, 11) is 0. The molecule has 5 aromatic carbocycles. The van der Waals surface area contributed by atoms with E-state index in [4.69, 9.17) is 0 Å². The lowest BCUT2D eigenvalue weighted by Gasteiger charge is -2.24. The first-order valence-electron chi connectivity index (χ1n) is 11.6. The maximum absolute atomic E-state index is 16.1. The summed E-state index contributed by atoms with van der Waals surface area (Å²) in [4.78, 5) is 0.244. The Morgan fingerprint density at radius 1 is 0.528 bits per heavy atom. The van der Waals surface area contributed by atoms with Crippen molar-refractivity contribution in [3.63, 3.8) is 0 Å². The van der Waals surface area contributed by atoms with Crippen molar-refractivity contribution in [2.45, 2.75) is 10.8 Å². The Balaban J connectivity index is 1.58. The molecule has 0 radical (unpaired) electrons. The minimum atomic E-state index is -3.26. The molecule has 0 fully saturated rings. The molecule has 0 bridgehead atoms. The smallest absolute Gasteiger partial charge is 0.196 e. The van der Waals surface area contributed by atoms with E-state index in [1.54, 1.807) is 18.2 Å². The van der Waals surface area contributed by atoms with Gasteiger partial charge in [0.2, 0.25) is 0 Å². The van der Waals surface area contributed by atoms with Gasteiger partial charge in [-0.2, -0.15) is 8.78 Å². The van der Waals surface area contributed by atoms with Crippen molar-refractivity contribution in [2.75, 3.05) is 0 Å². The lowest BCUT2D eigenvalue weighted by Crippen LogP contribution is -2.18. The highest BCUT2D eigenvalue weighted by Crippen LogP contribution is 2.46. The largest absolute Gasteiger partial charge is 0.300 e. The number of halogens is 2. The predicted octanol–water partition coefficient (Wildman–Crippen LogP) is 8.85. The molecule has 0 aromatic heterocycles. The number of thiol groups is 1. The number of benzene rings is 5. The van der Waals surface area contributed by atoms with Gasteiger partial charge >= 0.3 is 0 Å². The molecule has 3 heteroatoms.